The van der Waals surface area contributed by atoms with Gasteiger partial charge in [0.25, 0.3) is 0 Å². The first kappa shape index (κ1) is 12.3. The Bertz CT molecular complexity index is 421. The highest BCUT2D eigenvalue weighted by Gasteiger charge is 2.05. The lowest BCUT2D eigenvalue weighted by Gasteiger charge is -2.04. The molecule has 0 aliphatic heterocycles. The van der Waals surface area contributed by atoms with Crippen LogP contribution in [0.1, 0.15) is 19.5 Å². The van der Waals surface area contributed by atoms with Gasteiger partial charge in [-0.1, -0.05) is 32.0 Å². The molecule has 0 amide bonds. The van der Waals surface area contributed by atoms with Crippen molar-refractivity contribution >= 4 is 0 Å². The van der Waals surface area contributed by atoms with Gasteiger partial charge in [0.05, 0.1) is 18.5 Å². The Balaban J connectivity index is 0.000000606. The SMILES string of the molecule is CC.COc1cc(C)nn1-c1ccccc1. The number of hydrogen-bond acceptors (Lipinski definition) is 2. The lowest BCUT2D eigenvalue weighted by atomic mass is 10.3. The van der Waals surface area contributed by atoms with Gasteiger partial charge in [-0.05, 0) is 19.1 Å². The van der Waals surface area contributed by atoms with Crippen molar-refractivity contribution < 1.29 is 4.74 Å². The molecule has 0 saturated heterocycles. The van der Waals surface area contributed by atoms with Gasteiger partial charge in [-0.15, -0.1) is 0 Å². The monoisotopic (exact) mass is 218 g/mol. The zero-order chi connectivity index (χ0) is 12.0. The second-order valence-corrected chi connectivity index (χ2v) is 3.08. The van der Waals surface area contributed by atoms with E-state index in [9.17, 15) is 0 Å². The number of hydrogen-bond donors (Lipinski definition) is 0. The van der Waals surface area contributed by atoms with E-state index in [0.717, 1.165) is 17.3 Å². The first-order valence-corrected chi connectivity index (χ1v) is 5.47. The van der Waals surface area contributed by atoms with Crippen LogP contribution in [0, 0.1) is 6.92 Å². The molecule has 0 radical (unpaired) electrons. The van der Waals surface area contributed by atoms with Crippen LogP contribution in [0.25, 0.3) is 5.69 Å². The number of para-hydroxylation sites is 1. The molecule has 0 spiro atoms. The Kier molecular flexibility index (Phi) is 4.58. The van der Waals surface area contributed by atoms with Crippen LogP contribution in [-0.2, 0) is 0 Å². The number of aryl methyl sites for hydroxylation is 1. The summed E-state index contributed by atoms with van der Waals surface area (Å²) in [5, 5.41) is 4.34. The van der Waals surface area contributed by atoms with Crippen molar-refractivity contribution in [3.63, 3.8) is 0 Å². The van der Waals surface area contributed by atoms with Crippen LogP contribution < -0.4 is 4.74 Å². The highest BCUT2D eigenvalue weighted by Crippen LogP contribution is 2.17. The normalized spacial score (nSPS) is 9.25. The molecule has 0 bridgehead atoms. The average molecular weight is 218 g/mol. The highest BCUT2D eigenvalue weighted by molar-refractivity contribution is 5.35. The van der Waals surface area contributed by atoms with Gasteiger partial charge in [0.15, 0.2) is 0 Å². The van der Waals surface area contributed by atoms with E-state index in [1.807, 2.05) is 57.2 Å². The number of methoxy groups -OCH3 is 1. The van der Waals surface area contributed by atoms with Crippen LogP contribution in [0.4, 0.5) is 0 Å². The molecular formula is C13H18N2O. The van der Waals surface area contributed by atoms with Gasteiger partial charge in [-0.2, -0.15) is 5.10 Å². The van der Waals surface area contributed by atoms with Crippen LogP contribution >= 0.6 is 0 Å². The topological polar surface area (TPSA) is 27.1 Å². The van der Waals surface area contributed by atoms with Crippen LogP contribution in [-0.4, -0.2) is 16.9 Å². The Morgan fingerprint density at radius 2 is 1.75 bits per heavy atom. The predicted molar refractivity (Wildman–Crippen MR) is 66.2 cm³/mol. The molecule has 2 aromatic rings. The number of ether oxygens (including phenoxy) is 1. The predicted octanol–water partition coefficient (Wildman–Crippen LogP) is 3.22. The maximum atomic E-state index is 5.22. The molecule has 0 fully saturated rings. The standard InChI is InChI=1S/C11H12N2O.C2H6/c1-9-8-11(14-2)13(12-9)10-6-4-3-5-7-10;1-2/h3-8H,1-2H3;1-2H3. The van der Waals surface area contributed by atoms with Gasteiger partial charge >= 0.3 is 0 Å². The molecule has 0 saturated carbocycles. The molecule has 0 N–H and O–H groups in total. The molecule has 1 aromatic carbocycles. The number of aromatic nitrogens is 2. The number of rotatable bonds is 2. The van der Waals surface area contributed by atoms with E-state index in [4.69, 9.17) is 4.74 Å². The molecule has 16 heavy (non-hydrogen) atoms. The molecule has 3 heteroatoms. The minimum atomic E-state index is 0.758. The van der Waals surface area contributed by atoms with Crippen molar-refractivity contribution in [2.24, 2.45) is 0 Å². The summed E-state index contributed by atoms with van der Waals surface area (Å²) in [6.07, 6.45) is 0. The van der Waals surface area contributed by atoms with Gasteiger partial charge in [0.1, 0.15) is 0 Å². The summed E-state index contributed by atoms with van der Waals surface area (Å²) in [5.41, 5.74) is 1.96. The second-order valence-electron chi connectivity index (χ2n) is 3.08. The van der Waals surface area contributed by atoms with Gasteiger partial charge < -0.3 is 4.74 Å². The van der Waals surface area contributed by atoms with Crippen molar-refractivity contribution in [3.05, 3.63) is 42.1 Å². The van der Waals surface area contributed by atoms with Crippen LogP contribution in [0.15, 0.2) is 36.4 Å². The first-order valence-electron chi connectivity index (χ1n) is 5.47. The maximum Gasteiger partial charge on any atom is 0.216 e. The Morgan fingerprint density at radius 1 is 1.12 bits per heavy atom. The molecule has 0 atom stereocenters. The Morgan fingerprint density at radius 3 is 2.31 bits per heavy atom. The molecule has 1 aromatic heterocycles. The Labute approximate surface area is 96.7 Å². The molecule has 86 valence electrons. The van der Waals surface area contributed by atoms with Crippen molar-refractivity contribution in [1.29, 1.82) is 0 Å². The largest absolute Gasteiger partial charge is 0.481 e. The van der Waals surface area contributed by atoms with E-state index < -0.39 is 0 Å². The minimum Gasteiger partial charge on any atom is -0.481 e. The molecular weight excluding hydrogens is 200 g/mol. The zero-order valence-corrected chi connectivity index (χ0v) is 10.3. The van der Waals surface area contributed by atoms with E-state index in [1.165, 1.54) is 0 Å². The zero-order valence-electron chi connectivity index (χ0n) is 10.3. The van der Waals surface area contributed by atoms with E-state index in [1.54, 1.807) is 11.8 Å². The van der Waals surface area contributed by atoms with Crippen LogP contribution in [0.2, 0.25) is 0 Å². The van der Waals surface area contributed by atoms with Gasteiger partial charge in [-0.25, -0.2) is 4.68 Å². The molecule has 1 heterocycles. The third-order valence-corrected chi connectivity index (χ3v) is 2.01. The van der Waals surface area contributed by atoms with Gasteiger partial charge in [0.2, 0.25) is 5.88 Å². The molecule has 0 unspecified atom stereocenters. The lowest BCUT2D eigenvalue weighted by Crippen LogP contribution is -1.99. The van der Waals surface area contributed by atoms with Gasteiger partial charge in [-0.3, -0.25) is 0 Å². The highest BCUT2D eigenvalue weighted by atomic mass is 16.5. The van der Waals surface area contributed by atoms with E-state index in [0.29, 0.717) is 0 Å². The lowest BCUT2D eigenvalue weighted by molar-refractivity contribution is 0.383. The third-order valence-electron chi connectivity index (χ3n) is 2.01. The summed E-state index contributed by atoms with van der Waals surface area (Å²) in [7, 11) is 1.65. The molecule has 2 rings (SSSR count). The third kappa shape index (κ3) is 2.63. The van der Waals surface area contributed by atoms with E-state index >= 15 is 0 Å². The average Bonchev–Trinajstić information content (AvgIpc) is 2.74. The quantitative estimate of drug-likeness (QED) is 0.774. The number of nitrogens with zero attached hydrogens (tertiary/aromatic N) is 2. The fourth-order valence-corrected chi connectivity index (χ4v) is 1.38. The molecule has 3 nitrogen and oxygen atoms in total. The number of benzene rings is 1. The first-order chi connectivity index (χ1) is 7.81. The van der Waals surface area contributed by atoms with Crippen molar-refractivity contribution in [1.82, 2.24) is 9.78 Å². The summed E-state index contributed by atoms with van der Waals surface area (Å²) >= 11 is 0. The summed E-state index contributed by atoms with van der Waals surface area (Å²) < 4.78 is 7.01. The minimum absolute atomic E-state index is 0.758. The molecule has 0 aliphatic rings. The van der Waals surface area contributed by atoms with Gasteiger partial charge in [0, 0.05) is 6.07 Å². The summed E-state index contributed by atoms with van der Waals surface area (Å²) in [4.78, 5) is 0. The van der Waals surface area contributed by atoms with E-state index in [2.05, 4.69) is 5.10 Å². The fraction of sp³-hybridized carbons (Fsp3) is 0.308. The van der Waals surface area contributed by atoms with E-state index in [-0.39, 0.29) is 0 Å². The second kappa shape index (κ2) is 5.95. The molecule has 0 aliphatic carbocycles. The summed E-state index contributed by atoms with van der Waals surface area (Å²) in [5.74, 6) is 0.758. The summed E-state index contributed by atoms with van der Waals surface area (Å²) in [6, 6.07) is 11.8. The summed E-state index contributed by atoms with van der Waals surface area (Å²) in [6.45, 7) is 5.95. The van der Waals surface area contributed by atoms with Crippen LogP contribution in [0.3, 0.4) is 0 Å². The van der Waals surface area contributed by atoms with Crippen molar-refractivity contribution in [2.75, 3.05) is 7.11 Å². The Hall–Kier alpha value is -1.77. The fourth-order valence-electron chi connectivity index (χ4n) is 1.38. The smallest absolute Gasteiger partial charge is 0.216 e. The maximum absolute atomic E-state index is 5.22. The van der Waals surface area contributed by atoms with Crippen molar-refractivity contribution in [2.45, 2.75) is 20.8 Å². The van der Waals surface area contributed by atoms with Crippen molar-refractivity contribution in [3.8, 4) is 11.6 Å². The van der Waals surface area contributed by atoms with Crippen LogP contribution in [0.5, 0.6) is 5.88 Å².